The number of ether oxygens (including phenoxy) is 1. The van der Waals surface area contributed by atoms with E-state index >= 15 is 0 Å². The van der Waals surface area contributed by atoms with Gasteiger partial charge in [0.2, 0.25) is 5.91 Å². The fraction of sp³-hybridized carbons (Fsp3) is 0.867. The van der Waals surface area contributed by atoms with Gasteiger partial charge < -0.3 is 20.3 Å². The van der Waals surface area contributed by atoms with E-state index in [2.05, 4.69) is 29.5 Å². The Morgan fingerprint density at radius 1 is 1.43 bits per heavy atom. The number of hydrogen-bond donors (Lipinski definition) is 2. The molecule has 0 aliphatic carbocycles. The zero-order valence-electron chi connectivity index (χ0n) is 13.3. The number of rotatable bonds is 7. The molecule has 1 amide bonds. The summed E-state index contributed by atoms with van der Waals surface area (Å²) in [5.41, 5.74) is 0.199. The zero-order chi connectivity index (χ0) is 15.1. The van der Waals surface area contributed by atoms with E-state index in [9.17, 15) is 4.79 Å². The molecule has 2 N–H and O–H groups in total. The van der Waals surface area contributed by atoms with Crippen LogP contribution in [0.3, 0.4) is 0 Å². The molecule has 2 aliphatic rings. The lowest BCUT2D eigenvalue weighted by molar-refractivity contribution is -0.127. The summed E-state index contributed by atoms with van der Waals surface area (Å²) >= 11 is 0. The van der Waals surface area contributed by atoms with E-state index in [-0.39, 0.29) is 5.41 Å². The number of nitrogens with zero attached hydrogens (tertiary/aromatic N) is 2. The van der Waals surface area contributed by atoms with Gasteiger partial charge in [0, 0.05) is 38.0 Å². The average Bonchev–Trinajstić information content (AvgIpc) is 2.84. The van der Waals surface area contributed by atoms with Crippen molar-refractivity contribution in [3.05, 3.63) is 0 Å². The largest absolute Gasteiger partial charge is 0.380 e. The second-order valence-electron chi connectivity index (χ2n) is 6.26. The van der Waals surface area contributed by atoms with Crippen molar-refractivity contribution in [1.29, 1.82) is 0 Å². The molecule has 0 atom stereocenters. The molecule has 6 heteroatoms. The number of aliphatic imine (C=N–C) groups is 1. The van der Waals surface area contributed by atoms with Gasteiger partial charge in [0.1, 0.15) is 0 Å². The van der Waals surface area contributed by atoms with Crippen LogP contribution in [0.2, 0.25) is 0 Å². The quantitative estimate of drug-likeness (QED) is 0.410. The lowest BCUT2D eigenvalue weighted by Gasteiger charge is -2.36. The van der Waals surface area contributed by atoms with Crippen molar-refractivity contribution < 1.29 is 9.53 Å². The van der Waals surface area contributed by atoms with E-state index in [1.54, 1.807) is 0 Å². The molecule has 0 aromatic carbocycles. The van der Waals surface area contributed by atoms with Gasteiger partial charge in [-0.25, -0.2) is 0 Å². The predicted molar refractivity (Wildman–Crippen MR) is 83.3 cm³/mol. The number of guanidine groups is 1. The van der Waals surface area contributed by atoms with Crippen molar-refractivity contribution in [1.82, 2.24) is 15.5 Å². The smallest absolute Gasteiger partial charge is 0.222 e. The number of carbonyl (C=O) groups is 1. The highest BCUT2D eigenvalue weighted by Crippen LogP contribution is 2.26. The Kier molecular flexibility index (Phi) is 5.85. The van der Waals surface area contributed by atoms with Gasteiger partial charge in [-0.2, -0.15) is 0 Å². The van der Waals surface area contributed by atoms with Gasteiger partial charge in [0.05, 0.1) is 19.8 Å². The van der Waals surface area contributed by atoms with Gasteiger partial charge in [-0.1, -0.05) is 6.92 Å². The van der Waals surface area contributed by atoms with E-state index in [1.807, 2.05) is 4.90 Å². The Labute approximate surface area is 127 Å². The van der Waals surface area contributed by atoms with Crippen molar-refractivity contribution in [3.8, 4) is 0 Å². The van der Waals surface area contributed by atoms with Crippen molar-refractivity contribution >= 4 is 11.9 Å². The van der Waals surface area contributed by atoms with Crippen LogP contribution in [0.1, 0.15) is 33.1 Å². The number of nitrogens with one attached hydrogen (secondary N) is 2. The van der Waals surface area contributed by atoms with Gasteiger partial charge in [-0.15, -0.1) is 0 Å². The molecular formula is C15H28N4O2. The van der Waals surface area contributed by atoms with Gasteiger partial charge >= 0.3 is 0 Å². The summed E-state index contributed by atoms with van der Waals surface area (Å²) in [6, 6.07) is 0. The Hall–Kier alpha value is -1.30. The maximum Gasteiger partial charge on any atom is 0.222 e. The van der Waals surface area contributed by atoms with Crippen LogP contribution >= 0.6 is 0 Å². The van der Waals surface area contributed by atoms with E-state index in [4.69, 9.17) is 4.74 Å². The molecular weight excluding hydrogens is 268 g/mol. The third-order valence-electron chi connectivity index (χ3n) is 3.93. The van der Waals surface area contributed by atoms with Gasteiger partial charge in [0.15, 0.2) is 5.96 Å². The first-order valence-electron chi connectivity index (χ1n) is 8.01. The Bertz CT molecular complexity index is 380. The molecule has 2 saturated heterocycles. The highest BCUT2D eigenvalue weighted by molar-refractivity contribution is 5.79. The third kappa shape index (κ3) is 4.88. The van der Waals surface area contributed by atoms with Crippen LogP contribution < -0.4 is 10.6 Å². The second kappa shape index (κ2) is 7.64. The molecule has 2 heterocycles. The van der Waals surface area contributed by atoms with E-state index in [1.165, 1.54) is 0 Å². The second-order valence-corrected chi connectivity index (χ2v) is 6.26. The van der Waals surface area contributed by atoms with Gasteiger partial charge in [-0.05, 0) is 19.8 Å². The first-order chi connectivity index (χ1) is 10.1. The van der Waals surface area contributed by atoms with E-state index in [0.717, 1.165) is 71.2 Å². The molecule has 21 heavy (non-hydrogen) atoms. The highest BCUT2D eigenvalue weighted by atomic mass is 16.5. The topological polar surface area (TPSA) is 66.0 Å². The number of carbonyl (C=O) groups excluding carboxylic acids is 1. The van der Waals surface area contributed by atoms with Crippen LogP contribution in [0.15, 0.2) is 4.99 Å². The van der Waals surface area contributed by atoms with Crippen LogP contribution in [0.4, 0.5) is 0 Å². The summed E-state index contributed by atoms with van der Waals surface area (Å²) in [6.45, 7) is 10.1. The van der Waals surface area contributed by atoms with Crippen molar-refractivity contribution in [2.75, 3.05) is 45.9 Å². The van der Waals surface area contributed by atoms with Crippen LogP contribution in [-0.2, 0) is 9.53 Å². The summed E-state index contributed by atoms with van der Waals surface area (Å²) in [6.07, 6.45) is 2.69. The standard InChI is InChI=1S/C15H28N4O2/c1-3-16-14(18-10-15(2)11-21-12-15)17-7-5-9-19-8-4-6-13(19)20/h3-12H2,1-2H3,(H2,16,17,18). The first kappa shape index (κ1) is 16.1. The summed E-state index contributed by atoms with van der Waals surface area (Å²) in [5.74, 6) is 1.16. The zero-order valence-corrected chi connectivity index (χ0v) is 13.3. The molecule has 0 aromatic rings. The Morgan fingerprint density at radius 3 is 2.81 bits per heavy atom. The van der Waals surface area contributed by atoms with Crippen LogP contribution in [0, 0.1) is 5.41 Å². The van der Waals surface area contributed by atoms with Crippen molar-refractivity contribution in [2.24, 2.45) is 10.4 Å². The highest BCUT2D eigenvalue weighted by Gasteiger charge is 2.33. The fourth-order valence-electron chi connectivity index (χ4n) is 2.57. The van der Waals surface area contributed by atoms with E-state index < -0.39 is 0 Å². The number of amides is 1. The maximum absolute atomic E-state index is 11.5. The van der Waals surface area contributed by atoms with Crippen molar-refractivity contribution in [3.63, 3.8) is 0 Å². The summed E-state index contributed by atoms with van der Waals surface area (Å²) in [4.78, 5) is 18.1. The lowest BCUT2D eigenvalue weighted by atomic mass is 9.89. The summed E-state index contributed by atoms with van der Waals surface area (Å²) < 4.78 is 5.25. The van der Waals surface area contributed by atoms with Crippen LogP contribution in [0.25, 0.3) is 0 Å². The molecule has 2 aliphatic heterocycles. The summed E-state index contributed by atoms with van der Waals surface area (Å²) in [5, 5.41) is 6.60. The molecule has 120 valence electrons. The molecule has 2 fully saturated rings. The third-order valence-corrected chi connectivity index (χ3v) is 3.93. The average molecular weight is 296 g/mol. The molecule has 0 bridgehead atoms. The Morgan fingerprint density at radius 2 is 2.24 bits per heavy atom. The van der Waals surface area contributed by atoms with Crippen LogP contribution in [0.5, 0.6) is 0 Å². The molecule has 0 aromatic heterocycles. The lowest BCUT2D eigenvalue weighted by Crippen LogP contribution is -2.44. The maximum atomic E-state index is 11.5. The first-order valence-corrected chi connectivity index (χ1v) is 8.01. The molecule has 6 nitrogen and oxygen atoms in total. The molecule has 0 unspecified atom stereocenters. The molecule has 2 rings (SSSR count). The number of hydrogen-bond acceptors (Lipinski definition) is 3. The minimum absolute atomic E-state index is 0.199. The normalized spacial score (nSPS) is 21.3. The predicted octanol–water partition coefficient (Wildman–Crippen LogP) is 0.591. The minimum Gasteiger partial charge on any atom is -0.380 e. The molecule has 0 spiro atoms. The fourth-order valence-corrected chi connectivity index (χ4v) is 2.57. The van der Waals surface area contributed by atoms with Gasteiger partial charge in [0.25, 0.3) is 0 Å². The van der Waals surface area contributed by atoms with E-state index in [0.29, 0.717) is 5.91 Å². The molecule has 0 saturated carbocycles. The number of likely N-dealkylation sites (tertiary alicyclic amines) is 1. The van der Waals surface area contributed by atoms with Crippen molar-refractivity contribution in [2.45, 2.75) is 33.1 Å². The minimum atomic E-state index is 0.199. The SMILES string of the molecule is CCNC(=NCC1(C)COC1)NCCCN1CCCC1=O. The Balaban J connectivity index is 1.67. The monoisotopic (exact) mass is 296 g/mol. The summed E-state index contributed by atoms with van der Waals surface area (Å²) in [7, 11) is 0. The molecule has 0 radical (unpaired) electrons. The van der Waals surface area contributed by atoms with Crippen LogP contribution in [-0.4, -0.2) is 62.7 Å². The van der Waals surface area contributed by atoms with Gasteiger partial charge in [-0.3, -0.25) is 9.79 Å².